The fourth-order valence-electron chi connectivity index (χ4n) is 2.98. The second kappa shape index (κ2) is 7.50. The summed E-state index contributed by atoms with van der Waals surface area (Å²) >= 11 is 4.84. The van der Waals surface area contributed by atoms with E-state index in [-0.39, 0.29) is 17.0 Å². The maximum atomic E-state index is 14.6. The average Bonchev–Trinajstić information content (AvgIpc) is 3.36. The van der Waals surface area contributed by atoms with Gasteiger partial charge in [-0.15, -0.1) is 11.3 Å². The molecule has 0 aliphatic rings. The molecule has 0 spiro atoms. The van der Waals surface area contributed by atoms with Crippen molar-refractivity contribution in [2.24, 2.45) is 0 Å². The van der Waals surface area contributed by atoms with E-state index < -0.39 is 23.1 Å². The van der Waals surface area contributed by atoms with Crippen molar-refractivity contribution in [2.75, 3.05) is 0 Å². The van der Waals surface area contributed by atoms with Crippen LogP contribution < -0.4 is 4.72 Å². The van der Waals surface area contributed by atoms with Gasteiger partial charge in [0, 0.05) is 23.6 Å². The maximum Gasteiger partial charge on any atom is 0.260 e. The van der Waals surface area contributed by atoms with Crippen LogP contribution in [0, 0.1) is 11.6 Å². The Morgan fingerprint density at radius 3 is 2.79 bits per heavy atom. The summed E-state index contributed by atoms with van der Waals surface area (Å²) in [5, 5.41) is 18.1. The number of nitrogens with zero attached hydrogens (tertiary/aromatic N) is 3. The number of hydrogen-bond acceptors (Lipinski definition) is 7. The first-order valence-corrected chi connectivity index (χ1v) is 9.55. The minimum atomic E-state index is -1.94. The highest BCUT2D eigenvalue weighted by molar-refractivity contribution is 7.78. The summed E-state index contributed by atoms with van der Waals surface area (Å²) in [7, 11) is 0. The maximum absolute atomic E-state index is 14.6. The van der Waals surface area contributed by atoms with E-state index in [1.807, 2.05) is 0 Å². The molecule has 4 aromatic rings. The van der Waals surface area contributed by atoms with Crippen LogP contribution >= 0.6 is 24.2 Å². The van der Waals surface area contributed by atoms with Crippen LogP contribution in [-0.4, -0.2) is 31.2 Å². The van der Waals surface area contributed by atoms with Crippen molar-refractivity contribution in [1.82, 2.24) is 24.9 Å². The predicted molar refractivity (Wildman–Crippen MR) is 106 cm³/mol. The summed E-state index contributed by atoms with van der Waals surface area (Å²) in [6.45, 7) is 0. The molecule has 11 heteroatoms. The molecule has 3 N–H and O–H groups in total. The van der Waals surface area contributed by atoms with E-state index in [1.54, 1.807) is 18.2 Å². The standard InChI is InChI=1S/C18H13F2N5O2S2/c19-10-2-3-11(12(20)6-10)18(27,7-15-21-8-22-24-15)17-23-13-4-1-9(16(26)25-28)5-14(13)29-17/h1-6,8,27-28H,7H2,(H,25,26)(H,21,22,24). The van der Waals surface area contributed by atoms with E-state index in [0.717, 1.165) is 17.4 Å². The zero-order valence-corrected chi connectivity index (χ0v) is 16.3. The van der Waals surface area contributed by atoms with Gasteiger partial charge in [-0.3, -0.25) is 14.6 Å². The molecular weight excluding hydrogens is 420 g/mol. The lowest BCUT2D eigenvalue weighted by Gasteiger charge is -2.26. The minimum Gasteiger partial charge on any atom is -0.377 e. The molecule has 0 aliphatic carbocycles. The molecule has 7 nitrogen and oxygen atoms in total. The number of thiazole rings is 1. The zero-order chi connectivity index (χ0) is 20.6. The lowest BCUT2D eigenvalue weighted by Crippen LogP contribution is -2.31. The molecule has 0 radical (unpaired) electrons. The molecule has 1 atom stereocenters. The van der Waals surface area contributed by atoms with Crippen LogP contribution in [0.4, 0.5) is 8.78 Å². The molecule has 2 aromatic heterocycles. The third-order valence-electron chi connectivity index (χ3n) is 4.37. The number of rotatable bonds is 5. The van der Waals surface area contributed by atoms with Gasteiger partial charge in [-0.2, -0.15) is 5.10 Å². The topological polar surface area (TPSA) is 104 Å². The van der Waals surface area contributed by atoms with Gasteiger partial charge in [-0.1, -0.05) is 12.8 Å². The average molecular weight is 433 g/mol. The number of benzene rings is 2. The Bertz CT molecular complexity index is 1200. The third-order valence-corrected chi connectivity index (χ3v) is 5.74. The zero-order valence-electron chi connectivity index (χ0n) is 14.6. The second-order valence-electron chi connectivity index (χ2n) is 6.24. The van der Waals surface area contributed by atoms with Crippen LogP contribution in [0.2, 0.25) is 0 Å². The first-order valence-electron chi connectivity index (χ1n) is 8.28. The van der Waals surface area contributed by atoms with Crippen LogP contribution in [0.5, 0.6) is 0 Å². The smallest absolute Gasteiger partial charge is 0.260 e. The predicted octanol–water partition coefficient (Wildman–Crippen LogP) is 2.75. The molecule has 0 fully saturated rings. The van der Waals surface area contributed by atoms with Crippen LogP contribution in [-0.2, 0) is 12.0 Å². The van der Waals surface area contributed by atoms with Gasteiger partial charge in [0.05, 0.1) is 10.2 Å². The molecule has 0 saturated heterocycles. The van der Waals surface area contributed by atoms with Crippen molar-refractivity contribution in [3.05, 3.63) is 76.3 Å². The highest BCUT2D eigenvalue weighted by Gasteiger charge is 2.39. The fourth-order valence-corrected chi connectivity index (χ4v) is 4.21. The van der Waals surface area contributed by atoms with E-state index in [4.69, 9.17) is 0 Å². The van der Waals surface area contributed by atoms with Gasteiger partial charge in [-0.25, -0.2) is 18.7 Å². The summed E-state index contributed by atoms with van der Waals surface area (Å²) in [6.07, 6.45) is 1.09. The van der Waals surface area contributed by atoms with E-state index in [9.17, 15) is 18.7 Å². The number of aliphatic hydroxyl groups is 1. The molecule has 0 saturated carbocycles. The lowest BCUT2D eigenvalue weighted by atomic mass is 9.90. The number of hydrogen-bond donors (Lipinski definition) is 4. The molecule has 2 heterocycles. The SMILES string of the molecule is O=C(NS)c1ccc2nc(C(O)(Cc3ncn[nH]3)c3ccc(F)cc3F)sc2c1. The normalized spacial score (nSPS) is 13.4. The monoisotopic (exact) mass is 433 g/mol. The lowest BCUT2D eigenvalue weighted by molar-refractivity contribution is 0.0747. The van der Waals surface area contributed by atoms with Crippen molar-refractivity contribution in [1.29, 1.82) is 0 Å². The number of thiol groups is 1. The van der Waals surface area contributed by atoms with E-state index in [1.165, 1.54) is 12.4 Å². The van der Waals surface area contributed by atoms with E-state index in [0.29, 0.717) is 27.7 Å². The number of carbonyl (C=O) groups is 1. The van der Waals surface area contributed by atoms with E-state index >= 15 is 0 Å². The van der Waals surface area contributed by atoms with Gasteiger partial charge in [0.2, 0.25) is 0 Å². The van der Waals surface area contributed by atoms with E-state index in [2.05, 4.69) is 37.7 Å². The number of halogens is 2. The Labute approximate surface area is 172 Å². The molecule has 1 amide bonds. The summed E-state index contributed by atoms with van der Waals surface area (Å²) in [6, 6.07) is 7.70. The number of aromatic nitrogens is 4. The minimum absolute atomic E-state index is 0.150. The van der Waals surface area contributed by atoms with Crippen LogP contribution in [0.25, 0.3) is 10.2 Å². The molecular formula is C18H13F2N5O2S2. The van der Waals surface area contributed by atoms with Crippen LogP contribution in [0.3, 0.4) is 0 Å². The highest BCUT2D eigenvalue weighted by atomic mass is 32.1. The highest BCUT2D eigenvalue weighted by Crippen LogP contribution is 2.38. The molecule has 0 aliphatic heterocycles. The second-order valence-corrected chi connectivity index (χ2v) is 7.49. The Hall–Kier alpha value is -2.89. The molecule has 148 valence electrons. The number of nitrogens with one attached hydrogen (secondary N) is 2. The Balaban J connectivity index is 1.87. The van der Waals surface area contributed by atoms with Gasteiger partial charge in [0.1, 0.15) is 28.8 Å². The van der Waals surface area contributed by atoms with Gasteiger partial charge >= 0.3 is 0 Å². The fraction of sp³-hybridized carbons (Fsp3) is 0.111. The van der Waals surface area contributed by atoms with Crippen LogP contribution in [0.15, 0.2) is 42.7 Å². The Morgan fingerprint density at radius 2 is 2.10 bits per heavy atom. The number of carbonyl (C=O) groups excluding carboxylic acids is 1. The molecule has 29 heavy (non-hydrogen) atoms. The van der Waals surface area contributed by atoms with Crippen molar-refractivity contribution in [3.63, 3.8) is 0 Å². The number of fused-ring (bicyclic) bond motifs is 1. The van der Waals surface area contributed by atoms with Gasteiger partial charge in [0.15, 0.2) is 5.60 Å². The molecule has 4 rings (SSSR count). The molecule has 0 bridgehead atoms. The van der Waals surface area contributed by atoms with Crippen molar-refractivity contribution in [2.45, 2.75) is 12.0 Å². The van der Waals surface area contributed by atoms with Gasteiger partial charge < -0.3 is 5.11 Å². The summed E-state index contributed by atoms with van der Waals surface area (Å²) in [5.74, 6) is -1.78. The number of aromatic amines is 1. The van der Waals surface area contributed by atoms with Crippen molar-refractivity contribution in [3.8, 4) is 0 Å². The molecule has 1 unspecified atom stereocenters. The first kappa shape index (κ1) is 19.4. The first-order chi connectivity index (χ1) is 13.9. The quantitative estimate of drug-likeness (QED) is 0.363. The van der Waals surface area contributed by atoms with Gasteiger partial charge in [-0.05, 0) is 30.3 Å². The Morgan fingerprint density at radius 1 is 1.28 bits per heavy atom. The number of H-pyrrole nitrogens is 1. The Kier molecular flexibility index (Phi) is 5.03. The summed E-state index contributed by atoms with van der Waals surface area (Å²) in [5.41, 5.74) is -1.22. The number of amides is 1. The van der Waals surface area contributed by atoms with Crippen LogP contribution in [0.1, 0.15) is 26.8 Å². The largest absolute Gasteiger partial charge is 0.377 e. The van der Waals surface area contributed by atoms with Gasteiger partial charge in [0.25, 0.3) is 5.91 Å². The van der Waals surface area contributed by atoms with Crippen molar-refractivity contribution < 1.29 is 18.7 Å². The summed E-state index contributed by atoms with van der Waals surface area (Å²) in [4.78, 5) is 20.2. The summed E-state index contributed by atoms with van der Waals surface area (Å²) < 4.78 is 30.9. The van der Waals surface area contributed by atoms with Crippen molar-refractivity contribution >= 4 is 40.3 Å². The third kappa shape index (κ3) is 3.59. The molecule has 2 aromatic carbocycles.